The summed E-state index contributed by atoms with van der Waals surface area (Å²) in [6, 6.07) is 10.8. The minimum Gasteiger partial charge on any atom is -0.395 e. The third-order valence-corrected chi connectivity index (χ3v) is 2.65. The Bertz CT molecular complexity index is 248. The van der Waals surface area contributed by atoms with Crippen molar-refractivity contribution in [2.75, 3.05) is 13.2 Å². The lowest BCUT2D eigenvalue weighted by atomic mass is 9.94. The second kappa shape index (κ2) is 5.78. The summed E-state index contributed by atoms with van der Waals surface area (Å²) in [6.07, 6.45) is 0. The van der Waals surface area contributed by atoms with Crippen molar-refractivity contribution in [2.45, 2.75) is 25.8 Å². The van der Waals surface area contributed by atoms with Crippen LogP contribution in [-0.2, 0) is 0 Å². The van der Waals surface area contributed by atoms with E-state index in [-0.39, 0.29) is 6.61 Å². The van der Waals surface area contributed by atoms with Crippen molar-refractivity contribution in [3.8, 4) is 0 Å². The molecule has 0 aromatic heterocycles. The number of hydrogen-bond acceptors (Lipinski definition) is 2. The van der Waals surface area contributed by atoms with E-state index in [1.54, 1.807) is 0 Å². The molecular formula is C12H19NO. The highest BCUT2D eigenvalue weighted by Crippen LogP contribution is 2.18. The normalized spacial score (nSPS) is 15.1. The first-order valence-corrected chi connectivity index (χ1v) is 5.15. The van der Waals surface area contributed by atoms with Gasteiger partial charge in [-0.2, -0.15) is 0 Å². The highest BCUT2D eigenvalue weighted by atomic mass is 16.3. The summed E-state index contributed by atoms with van der Waals surface area (Å²) in [6.45, 7) is 5.21. The number of nitrogens with one attached hydrogen (secondary N) is 1. The Labute approximate surface area is 86.0 Å². The van der Waals surface area contributed by atoms with Gasteiger partial charge >= 0.3 is 0 Å². The van der Waals surface area contributed by atoms with E-state index in [1.807, 2.05) is 6.07 Å². The first kappa shape index (κ1) is 11.2. The summed E-state index contributed by atoms with van der Waals surface area (Å²) in [5.41, 5.74) is 1.34. The van der Waals surface area contributed by atoms with Gasteiger partial charge in [-0.25, -0.2) is 0 Å². The first-order chi connectivity index (χ1) is 6.75. The molecule has 0 saturated heterocycles. The largest absolute Gasteiger partial charge is 0.395 e. The Morgan fingerprint density at radius 3 is 2.43 bits per heavy atom. The van der Waals surface area contributed by atoms with Crippen molar-refractivity contribution in [3.63, 3.8) is 0 Å². The molecule has 0 amide bonds. The zero-order valence-electron chi connectivity index (χ0n) is 8.90. The van der Waals surface area contributed by atoms with Gasteiger partial charge in [0.25, 0.3) is 0 Å². The molecule has 0 spiro atoms. The third-order valence-electron chi connectivity index (χ3n) is 2.65. The molecule has 0 aliphatic carbocycles. The molecule has 1 rings (SSSR count). The van der Waals surface area contributed by atoms with Gasteiger partial charge in [0.2, 0.25) is 0 Å². The Morgan fingerprint density at radius 1 is 1.21 bits per heavy atom. The van der Waals surface area contributed by atoms with Crippen molar-refractivity contribution in [1.29, 1.82) is 0 Å². The molecule has 1 aromatic rings. The van der Waals surface area contributed by atoms with Crippen molar-refractivity contribution in [3.05, 3.63) is 35.9 Å². The minimum absolute atomic E-state index is 0.200. The maximum atomic E-state index is 8.70. The monoisotopic (exact) mass is 193 g/mol. The average Bonchev–Trinajstić information content (AvgIpc) is 2.26. The molecule has 0 radical (unpaired) electrons. The summed E-state index contributed by atoms with van der Waals surface area (Å²) in [5.74, 6) is 0.475. The predicted octanol–water partition coefficient (Wildman–Crippen LogP) is 1.76. The molecule has 0 aliphatic heterocycles. The van der Waals surface area contributed by atoms with Crippen LogP contribution in [0.2, 0.25) is 0 Å². The Hall–Kier alpha value is -0.860. The molecule has 2 atom stereocenters. The predicted molar refractivity (Wildman–Crippen MR) is 59.4 cm³/mol. The fraction of sp³-hybridized carbons (Fsp3) is 0.500. The summed E-state index contributed by atoms with van der Waals surface area (Å²) in [5, 5.41) is 12.0. The van der Waals surface area contributed by atoms with E-state index in [0.717, 1.165) is 0 Å². The van der Waals surface area contributed by atoms with Crippen molar-refractivity contribution < 1.29 is 5.11 Å². The third kappa shape index (κ3) is 3.13. The van der Waals surface area contributed by atoms with Crippen LogP contribution in [0.4, 0.5) is 0 Å². The molecule has 0 fully saturated rings. The van der Waals surface area contributed by atoms with Crippen LogP contribution >= 0.6 is 0 Å². The topological polar surface area (TPSA) is 32.3 Å². The second-order valence-corrected chi connectivity index (χ2v) is 3.67. The molecular weight excluding hydrogens is 174 g/mol. The average molecular weight is 193 g/mol. The van der Waals surface area contributed by atoms with Crippen LogP contribution < -0.4 is 5.32 Å². The quantitative estimate of drug-likeness (QED) is 0.747. The molecule has 0 bridgehead atoms. The van der Waals surface area contributed by atoms with Crippen LogP contribution in [0.15, 0.2) is 30.3 Å². The highest BCUT2D eigenvalue weighted by molar-refractivity contribution is 5.20. The van der Waals surface area contributed by atoms with Gasteiger partial charge in [-0.3, -0.25) is 0 Å². The Balaban J connectivity index is 2.52. The molecule has 0 heterocycles. The smallest absolute Gasteiger partial charge is 0.0556 e. The van der Waals surface area contributed by atoms with Crippen LogP contribution in [-0.4, -0.2) is 24.3 Å². The zero-order valence-corrected chi connectivity index (χ0v) is 8.90. The summed E-state index contributed by atoms with van der Waals surface area (Å²) >= 11 is 0. The summed E-state index contributed by atoms with van der Waals surface area (Å²) in [7, 11) is 0. The SMILES string of the molecule is CC(NCCO)C(C)c1ccccc1. The van der Waals surface area contributed by atoms with Gasteiger partial charge in [-0.05, 0) is 18.4 Å². The molecule has 14 heavy (non-hydrogen) atoms. The van der Waals surface area contributed by atoms with E-state index in [0.29, 0.717) is 18.5 Å². The van der Waals surface area contributed by atoms with Crippen LogP contribution in [0, 0.1) is 0 Å². The van der Waals surface area contributed by atoms with E-state index in [2.05, 4.69) is 43.4 Å². The van der Waals surface area contributed by atoms with E-state index in [9.17, 15) is 0 Å². The summed E-state index contributed by atoms with van der Waals surface area (Å²) in [4.78, 5) is 0. The number of aliphatic hydroxyl groups is 1. The summed E-state index contributed by atoms with van der Waals surface area (Å²) < 4.78 is 0. The van der Waals surface area contributed by atoms with Crippen LogP contribution in [0.5, 0.6) is 0 Å². The van der Waals surface area contributed by atoms with Crippen LogP contribution in [0.1, 0.15) is 25.3 Å². The first-order valence-electron chi connectivity index (χ1n) is 5.15. The van der Waals surface area contributed by atoms with Crippen LogP contribution in [0.3, 0.4) is 0 Å². The molecule has 2 nitrogen and oxygen atoms in total. The van der Waals surface area contributed by atoms with Crippen molar-refractivity contribution >= 4 is 0 Å². The lowest BCUT2D eigenvalue weighted by Gasteiger charge is -2.21. The van der Waals surface area contributed by atoms with Gasteiger partial charge in [0, 0.05) is 12.6 Å². The van der Waals surface area contributed by atoms with Gasteiger partial charge in [-0.1, -0.05) is 37.3 Å². The maximum absolute atomic E-state index is 8.70. The lowest BCUT2D eigenvalue weighted by molar-refractivity contribution is 0.282. The molecule has 2 heteroatoms. The molecule has 2 N–H and O–H groups in total. The van der Waals surface area contributed by atoms with E-state index in [1.165, 1.54) is 5.56 Å². The Kier molecular flexibility index (Phi) is 4.63. The van der Waals surface area contributed by atoms with Gasteiger partial charge < -0.3 is 10.4 Å². The Morgan fingerprint density at radius 2 is 1.86 bits per heavy atom. The number of rotatable bonds is 5. The van der Waals surface area contributed by atoms with E-state index >= 15 is 0 Å². The van der Waals surface area contributed by atoms with Gasteiger partial charge in [0.05, 0.1) is 6.61 Å². The maximum Gasteiger partial charge on any atom is 0.0556 e. The van der Waals surface area contributed by atoms with Gasteiger partial charge in [0.15, 0.2) is 0 Å². The van der Waals surface area contributed by atoms with Gasteiger partial charge in [0.1, 0.15) is 0 Å². The fourth-order valence-electron chi connectivity index (χ4n) is 1.51. The van der Waals surface area contributed by atoms with Crippen molar-refractivity contribution in [1.82, 2.24) is 5.32 Å². The lowest BCUT2D eigenvalue weighted by Crippen LogP contribution is -2.33. The van der Waals surface area contributed by atoms with Crippen LogP contribution in [0.25, 0.3) is 0 Å². The van der Waals surface area contributed by atoms with Gasteiger partial charge in [-0.15, -0.1) is 0 Å². The molecule has 0 saturated carbocycles. The second-order valence-electron chi connectivity index (χ2n) is 3.67. The molecule has 0 aliphatic rings. The number of hydrogen-bond donors (Lipinski definition) is 2. The fourth-order valence-corrected chi connectivity index (χ4v) is 1.51. The van der Waals surface area contributed by atoms with E-state index < -0.39 is 0 Å². The number of aliphatic hydroxyl groups excluding tert-OH is 1. The van der Waals surface area contributed by atoms with E-state index in [4.69, 9.17) is 5.11 Å². The molecule has 78 valence electrons. The highest BCUT2D eigenvalue weighted by Gasteiger charge is 2.12. The van der Waals surface area contributed by atoms with Crippen molar-refractivity contribution in [2.24, 2.45) is 0 Å². The zero-order chi connectivity index (χ0) is 10.4. The molecule has 2 unspecified atom stereocenters. The number of benzene rings is 1. The standard InChI is InChI=1S/C12H19NO/c1-10(11(2)13-8-9-14)12-6-4-3-5-7-12/h3-7,10-11,13-14H,8-9H2,1-2H3. The minimum atomic E-state index is 0.200. The molecule has 1 aromatic carbocycles.